The number of likely N-dealkylation sites (N-methyl/N-ethyl adjacent to an activating group) is 1. The molecule has 148 valence electrons. The molecular weight excluding hydrogens is 358 g/mol. The minimum Gasteiger partial charge on any atom is -0.451 e. The van der Waals surface area contributed by atoms with Gasteiger partial charge in [0.2, 0.25) is 5.91 Å². The average molecular weight is 383 g/mol. The van der Waals surface area contributed by atoms with E-state index >= 15 is 0 Å². The molecule has 1 atom stereocenters. The van der Waals surface area contributed by atoms with Crippen LogP contribution in [0.5, 0.6) is 0 Å². The number of primary amides is 1. The Morgan fingerprint density at radius 2 is 1.68 bits per heavy atom. The first-order valence-corrected chi connectivity index (χ1v) is 8.99. The van der Waals surface area contributed by atoms with Gasteiger partial charge in [0, 0.05) is 24.0 Å². The first kappa shape index (κ1) is 21.0. The van der Waals surface area contributed by atoms with Crippen LogP contribution in [0.1, 0.15) is 29.3 Å². The van der Waals surface area contributed by atoms with Gasteiger partial charge in [0.15, 0.2) is 6.10 Å². The number of rotatable bonds is 8. The molecule has 7 heteroatoms. The molecule has 0 aliphatic heterocycles. The number of anilines is 2. The molecule has 2 rings (SSSR count). The highest BCUT2D eigenvalue weighted by atomic mass is 16.5. The Kier molecular flexibility index (Phi) is 7.14. The maximum Gasteiger partial charge on any atom is 0.326 e. The van der Waals surface area contributed by atoms with E-state index in [-0.39, 0.29) is 12.5 Å². The lowest BCUT2D eigenvalue weighted by Gasteiger charge is -2.23. The Morgan fingerprint density at radius 3 is 2.21 bits per heavy atom. The third kappa shape index (κ3) is 5.57. The van der Waals surface area contributed by atoms with E-state index < -0.39 is 18.0 Å². The van der Waals surface area contributed by atoms with Crippen LogP contribution in [-0.2, 0) is 14.3 Å². The molecule has 0 saturated heterocycles. The number of hydrogen-bond donors (Lipinski definition) is 2. The van der Waals surface area contributed by atoms with Crippen LogP contribution in [0.4, 0.5) is 11.4 Å². The molecular formula is C21H25N3O4. The number of esters is 1. The van der Waals surface area contributed by atoms with Gasteiger partial charge in [-0.2, -0.15) is 0 Å². The number of carbonyl (C=O) groups is 3. The number of benzene rings is 2. The quantitative estimate of drug-likeness (QED) is 0.682. The number of aryl methyl sites for hydroxylation is 1. The van der Waals surface area contributed by atoms with Crippen molar-refractivity contribution in [2.24, 2.45) is 5.73 Å². The summed E-state index contributed by atoms with van der Waals surface area (Å²) in [6.45, 7) is 3.65. The summed E-state index contributed by atoms with van der Waals surface area (Å²) in [6.07, 6.45) is -0.494. The predicted molar refractivity (Wildman–Crippen MR) is 108 cm³/mol. The zero-order valence-electron chi connectivity index (χ0n) is 16.3. The summed E-state index contributed by atoms with van der Waals surface area (Å²) in [5, 5.41) is 2.89. The Hall–Kier alpha value is -3.35. The Morgan fingerprint density at radius 1 is 1.07 bits per heavy atom. The van der Waals surface area contributed by atoms with E-state index in [4.69, 9.17) is 10.5 Å². The first-order chi connectivity index (χ1) is 13.3. The predicted octanol–water partition coefficient (Wildman–Crippen LogP) is 2.49. The molecule has 0 spiro atoms. The molecule has 1 unspecified atom stereocenters. The number of nitrogens with two attached hydrogens (primary N) is 1. The van der Waals surface area contributed by atoms with Crippen LogP contribution in [0, 0.1) is 6.92 Å². The van der Waals surface area contributed by atoms with Crippen molar-refractivity contribution in [1.82, 2.24) is 0 Å². The normalized spacial score (nSPS) is 11.4. The van der Waals surface area contributed by atoms with E-state index in [2.05, 4.69) is 5.32 Å². The van der Waals surface area contributed by atoms with Crippen molar-refractivity contribution in [3.05, 3.63) is 59.7 Å². The molecule has 0 radical (unpaired) electrons. The molecule has 0 bridgehead atoms. The molecule has 2 aromatic rings. The molecule has 0 fully saturated rings. The summed E-state index contributed by atoms with van der Waals surface area (Å²) >= 11 is 0. The molecule has 0 aliphatic rings. The van der Waals surface area contributed by atoms with Gasteiger partial charge in [-0.25, -0.2) is 0 Å². The summed E-state index contributed by atoms with van der Waals surface area (Å²) in [6, 6.07) is 13.9. The lowest BCUT2D eigenvalue weighted by molar-refractivity contribution is -0.153. The van der Waals surface area contributed by atoms with E-state index in [9.17, 15) is 14.4 Å². The van der Waals surface area contributed by atoms with Gasteiger partial charge in [-0.15, -0.1) is 0 Å². The topological polar surface area (TPSA) is 102 Å². The fraction of sp³-hybridized carbons (Fsp3) is 0.286. The highest BCUT2D eigenvalue weighted by molar-refractivity contribution is 5.97. The fourth-order valence-electron chi connectivity index (χ4n) is 2.55. The molecule has 7 nitrogen and oxygen atoms in total. The number of carbonyl (C=O) groups excluding carboxylic acids is 3. The van der Waals surface area contributed by atoms with Crippen molar-refractivity contribution in [3.8, 4) is 0 Å². The molecule has 0 saturated carbocycles. The highest BCUT2D eigenvalue weighted by Gasteiger charge is 2.25. The molecule has 2 amide bonds. The van der Waals surface area contributed by atoms with Crippen LogP contribution < -0.4 is 16.0 Å². The summed E-state index contributed by atoms with van der Waals surface area (Å²) in [5.41, 5.74) is 8.03. The van der Waals surface area contributed by atoms with E-state index in [1.165, 1.54) is 4.90 Å². The van der Waals surface area contributed by atoms with Crippen LogP contribution >= 0.6 is 0 Å². The molecule has 0 aliphatic carbocycles. The monoisotopic (exact) mass is 383 g/mol. The van der Waals surface area contributed by atoms with Crippen molar-refractivity contribution < 1.29 is 19.1 Å². The average Bonchev–Trinajstić information content (AvgIpc) is 2.70. The van der Waals surface area contributed by atoms with E-state index in [0.29, 0.717) is 17.7 Å². The highest BCUT2D eigenvalue weighted by Crippen LogP contribution is 2.16. The second kappa shape index (κ2) is 9.55. The zero-order chi connectivity index (χ0) is 20.7. The summed E-state index contributed by atoms with van der Waals surface area (Å²) in [7, 11) is 1.65. The van der Waals surface area contributed by atoms with Crippen LogP contribution in [0.2, 0.25) is 0 Å². The van der Waals surface area contributed by atoms with E-state index in [0.717, 1.165) is 11.3 Å². The molecule has 3 N–H and O–H groups in total. The summed E-state index contributed by atoms with van der Waals surface area (Å²) in [4.78, 5) is 37.3. The van der Waals surface area contributed by atoms with Gasteiger partial charge in [0.25, 0.3) is 5.91 Å². The minimum atomic E-state index is -0.863. The van der Waals surface area contributed by atoms with Gasteiger partial charge in [-0.3, -0.25) is 14.4 Å². The Labute approximate surface area is 164 Å². The molecule has 0 heterocycles. The Balaban J connectivity index is 1.91. The van der Waals surface area contributed by atoms with E-state index in [1.54, 1.807) is 38.2 Å². The number of ether oxygens (including phenoxy) is 1. The fourth-order valence-corrected chi connectivity index (χ4v) is 2.55. The lowest BCUT2D eigenvalue weighted by Crippen LogP contribution is -2.39. The van der Waals surface area contributed by atoms with Gasteiger partial charge in [-0.1, -0.05) is 24.6 Å². The molecule has 2 aromatic carbocycles. The third-order valence-corrected chi connectivity index (χ3v) is 4.28. The minimum absolute atomic E-state index is 0.103. The van der Waals surface area contributed by atoms with E-state index in [1.807, 2.05) is 31.2 Å². The lowest BCUT2D eigenvalue weighted by atomic mass is 10.2. The number of hydrogen-bond acceptors (Lipinski definition) is 5. The van der Waals surface area contributed by atoms with Gasteiger partial charge >= 0.3 is 5.97 Å². The van der Waals surface area contributed by atoms with Crippen molar-refractivity contribution in [1.29, 1.82) is 0 Å². The van der Waals surface area contributed by atoms with Gasteiger partial charge < -0.3 is 20.7 Å². The largest absolute Gasteiger partial charge is 0.451 e. The van der Waals surface area contributed by atoms with Gasteiger partial charge in [-0.05, 0) is 49.7 Å². The SMILES string of the molecule is CCC(OC(=O)CNc1ccc(C(N)=O)cc1)C(=O)N(C)c1ccc(C)cc1. The summed E-state index contributed by atoms with van der Waals surface area (Å²) in [5.74, 6) is -1.35. The summed E-state index contributed by atoms with van der Waals surface area (Å²) < 4.78 is 5.34. The van der Waals surface area contributed by atoms with Crippen LogP contribution in [0.15, 0.2) is 48.5 Å². The molecule has 0 aromatic heterocycles. The maximum absolute atomic E-state index is 12.7. The third-order valence-electron chi connectivity index (χ3n) is 4.28. The standard InChI is InChI=1S/C21H25N3O4/c1-4-18(21(27)24(3)17-11-5-14(2)6-12-17)28-19(25)13-23-16-9-7-15(8-10-16)20(22)26/h5-12,18,23H,4,13H2,1-3H3,(H2,22,26). The second-order valence-electron chi connectivity index (χ2n) is 6.41. The van der Waals surface area contributed by atoms with Gasteiger partial charge in [0.1, 0.15) is 6.54 Å². The van der Waals surface area contributed by atoms with Crippen LogP contribution in [0.25, 0.3) is 0 Å². The smallest absolute Gasteiger partial charge is 0.326 e. The molecule has 28 heavy (non-hydrogen) atoms. The Bertz CT molecular complexity index is 832. The number of nitrogens with one attached hydrogen (secondary N) is 1. The van der Waals surface area contributed by atoms with Crippen molar-refractivity contribution in [2.45, 2.75) is 26.4 Å². The van der Waals surface area contributed by atoms with Gasteiger partial charge in [0.05, 0.1) is 0 Å². The van der Waals surface area contributed by atoms with Crippen molar-refractivity contribution >= 4 is 29.2 Å². The second-order valence-corrected chi connectivity index (χ2v) is 6.41. The maximum atomic E-state index is 12.7. The number of nitrogens with zero attached hydrogens (tertiary/aromatic N) is 1. The van der Waals surface area contributed by atoms with Crippen molar-refractivity contribution in [2.75, 3.05) is 23.8 Å². The first-order valence-electron chi connectivity index (χ1n) is 8.99. The van der Waals surface area contributed by atoms with Crippen LogP contribution in [0.3, 0.4) is 0 Å². The van der Waals surface area contributed by atoms with Crippen LogP contribution in [-0.4, -0.2) is 37.5 Å². The number of amides is 2. The zero-order valence-corrected chi connectivity index (χ0v) is 16.3. The van der Waals surface area contributed by atoms with Crippen molar-refractivity contribution in [3.63, 3.8) is 0 Å².